The number of hydrogen-bond acceptors (Lipinski definition) is 4. The Morgan fingerprint density at radius 3 is 2.12 bits per heavy atom. The third-order valence-electron chi connectivity index (χ3n) is 6.53. The maximum atomic E-state index is 14.2. The van der Waals surface area contributed by atoms with E-state index in [2.05, 4.69) is 5.32 Å². The molecule has 41 heavy (non-hydrogen) atoms. The van der Waals surface area contributed by atoms with Crippen LogP contribution < -0.4 is 9.62 Å². The number of sulfonamides is 1. The molecule has 0 saturated carbocycles. The Labute approximate surface area is 253 Å². The van der Waals surface area contributed by atoms with Crippen LogP contribution in [-0.2, 0) is 26.2 Å². The lowest BCUT2D eigenvalue weighted by Gasteiger charge is -2.33. The second kappa shape index (κ2) is 14.2. The minimum atomic E-state index is -4.14. The van der Waals surface area contributed by atoms with Gasteiger partial charge in [0.25, 0.3) is 10.0 Å². The molecule has 10 heteroatoms. The summed E-state index contributed by atoms with van der Waals surface area (Å²) in [6, 6.07) is 17.5. The van der Waals surface area contributed by atoms with E-state index >= 15 is 0 Å². The van der Waals surface area contributed by atoms with Crippen LogP contribution in [0.2, 0.25) is 10.0 Å². The van der Waals surface area contributed by atoms with E-state index in [0.29, 0.717) is 34.3 Å². The first-order chi connectivity index (χ1) is 19.3. The monoisotopic (exact) mass is 617 g/mol. The van der Waals surface area contributed by atoms with Gasteiger partial charge in [-0.05, 0) is 79.3 Å². The minimum absolute atomic E-state index is 0.00545. The Kier molecular flexibility index (Phi) is 11.2. The van der Waals surface area contributed by atoms with Gasteiger partial charge in [0, 0.05) is 23.1 Å². The van der Waals surface area contributed by atoms with Crippen LogP contribution in [0.3, 0.4) is 0 Å². The molecular weight excluding hydrogens is 581 g/mol. The fourth-order valence-electron chi connectivity index (χ4n) is 4.52. The molecule has 220 valence electrons. The zero-order chi connectivity index (χ0) is 30.3. The first-order valence-corrected chi connectivity index (χ1v) is 15.7. The predicted molar refractivity (Wildman–Crippen MR) is 166 cm³/mol. The summed E-state index contributed by atoms with van der Waals surface area (Å²) in [6.07, 6.45) is 0.315. The first-order valence-electron chi connectivity index (χ1n) is 13.5. The largest absolute Gasteiger partial charge is 0.354 e. The van der Waals surface area contributed by atoms with Crippen molar-refractivity contribution < 1.29 is 18.0 Å². The van der Waals surface area contributed by atoms with E-state index in [1.54, 1.807) is 48.5 Å². The fourth-order valence-corrected chi connectivity index (χ4v) is 6.41. The molecule has 0 aliphatic heterocycles. The molecule has 2 amide bonds. The van der Waals surface area contributed by atoms with E-state index in [1.807, 2.05) is 40.7 Å². The summed E-state index contributed by atoms with van der Waals surface area (Å²) in [5.41, 5.74) is 2.65. The third kappa shape index (κ3) is 8.47. The number of aryl methyl sites for hydroxylation is 2. The van der Waals surface area contributed by atoms with Gasteiger partial charge in [-0.2, -0.15) is 0 Å². The number of carbonyl (C=O) groups excluding carboxylic acids is 2. The molecule has 0 heterocycles. The number of anilines is 1. The molecule has 3 aromatic rings. The van der Waals surface area contributed by atoms with Crippen molar-refractivity contribution >= 4 is 50.7 Å². The van der Waals surface area contributed by atoms with E-state index in [0.717, 1.165) is 15.4 Å². The van der Waals surface area contributed by atoms with Crippen LogP contribution >= 0.6 is 23.2 Å². The van der Waals surface area contributed by atoms with E-state index in [9.17, 15) is 18.0 Å². The number of nitrogens with zero attached hydrogens (tertiary/aromatic N) is 2. The van der Waals surface area contributed by atoms with Gasteiger partial charge in [0.15, 0.2) is 0 Å². The highest BCUT2D eigenvalue weighted by Gasteiger charge is 2.34. The third-order valence-corrected chi connectivity index (χ3v) is 8.91. The van der Waals surface area contributed by atoms with E-state index in [1.165, 1.54) is 17.0 Å². The molecular formula is C31H37Cl2N3O4S. The Bertz CT molecular complexity index is 1460. The smallest absolute Gasteiger partial charge is 0.264 e. The Morgan fingerprint density at radius 2 is 1.56 bits per heavy atom. The van der Waals surface area contributed by atoms with Gasteiger partial charge in [0.2, 0.25) is 11.8 Å². The Balaban J connectivity index is 2.09. The highest BCUT2D eigenvalue weighted by Crippen LogP contribution is 2.28. The second-order valence-corrected chi connectivity index (χ2v) is 13.2. The topological polar surface area (TPSA) is 86.8 Å². The summed E-state index contributed by atoms with van der Waals surface area (Å²) in [5.74, 6) is -0.646. The fraction of sp³-hybridized carbons (Fsp3) is 0.355. The van der Waals surface area contributed by atoms with E-state index in [4.69, 9.17) is 23.2 Å². The quantitative estimate of drug-likeness (QED) is 0.255. The van der Waals surface area contributed by atoms with E-state index < -0.39 is 28.5 Å². The lowest BCUT2D eigenvalue weighted by molar-refractivity contribution is -0.140. The molecule has 0 spiro atoms. The van der Waals surface area contributed by atoms with Crippen molar-refractivity contribution in [1.29, 1.82) is 0 Å². The molecule has 1 unspecified atom stereocenters. The van der Waals surface area contributed by atoms with E-state index in [-0.39, 0.29) is 23.3 Å². The molecule has 0 aliphatic rings. The molecule has 0 radical (unpaired) electrons. The second-order valence-electron chi connectivity index (χ2n) is 10.5. The summed E-state index contributed by atoms with van der Waals surface area (Å²) in [6.45, 7) is 9.43. The molecule has 7 nitrogen and oxygen atoms in total. The molecule has 0 saturated heterocycles. The van der Waals surface area contributed by atoms with Crippen molar-refractivity contribution in [3.8, 4) is 0 Å². The van der Waals surface area contributed by atoms with Crippen LogP contribution in [0.15, 0.2) is 71.6 Å². The lowest BCUT2D eigenvalue weighted by Crippen LogP contribution is -2.52. The van der Waals surface area contributed by atoms with Gasteiger partial charge < -0.3 is 10.2 Å². The molecule has 1 atom stereocenters. The molecule has 3 rings (SSSR count). The molecule has 0 fully saturated rings. The lowest BCUT2D eigenvalue weighted by atomic mass is 10.1. The predicted octanol–water partition coefficient (Wildman–Crippen LogP) is 6.39. The minimum Gasteiger partial charge on any atom is -0.354 e. The number of carbonyl (C=O) groups is 2. The van der Waals surface area contributed by atoms with Crippen molar-refractivity contribution in [2.45, 2.75) is 58.5 Å². The molecule has 0 bridgehead atoms. The van der Waals surface area contributed by atoms with Gasteiger partial charge in [0.05, 0.1) is 10.6 Å². The van der Waals surface area contributed by atoms with Gasteiger partial charge in [-0.25, -0.2) is 8.42 Å². The maximum absolute atomic E-state index is 14.2. The summed E-state index contributed by atoms with van der Waals surface area (Å²) >= 11 is 12.6. The van der Waals surface area contributed by atoms with Crippen molar-refractivity contribution in [3.63, 3.8) is 0 Å². The van der Waals surface area contributed by atoms with Crippen molar-refractivity contribution in [1.82, 2.24) is 10.2 Å². The molecule has 3 aromatic carbocycles. The maximum Gasteiger partial charge on any atom is 0.264 e. The Morgan fingerprint density at radius 1 is 0.927 bits per heavy atom. The number of amides is 2. The number of hydrogen-bond donors (Lipinski definition) is 1. The van der Waals surface area contributed by atoms with Gasteiger partial charge in [-0.1, -0.05) is 74.3 Å². The van der Waals surface area contributed by atoms with Crippen molar-refractivity contribution in [3.05, 3.63) is 93.5 Å². The highest BCUT2D eigenvalue weighted by molar-refractivity contribution is 7.92. The van der Waals surface area contributed by atoms with Crippen molar-refractivity contribution in [2.75, 3.05) is 17.4 Å². The van der Waals surface area contributed by atoms with Crippen LogP contribution in [0.25, 0.3) is 0 Å². The van der Waals surface area contributed by atoms with Crippen LogP contribution in [0, 0.1) is 19.8 Å². The first kappa shape index (κ1) is 32.4. The van der Waals surface area contributed by atoms with Crippen molar-refractivity contribution in [2.24, 2.45) is 5.92 Å². The number of rotatable bonds is 12. The Hall–Kier alpha value is -3.07. The number of benzene rings is 3. The van der Waals surface area contributed by atoms with Crippen LogP contribution in [-0.4, -0.2) is 44.3 Å². The van der Waals surface area contributed by atoms with Gasteiger partial charge in [-0.15, -0.1) is 0 Å². The van der Waals surface area contributed by atoms with Crippen LogP contribution in [0.5, 0.6) is 0 Å². The zero-order valence-electron chi connectivity index (χ0n) is 24.0. The average molecular weight is 619 g/mol. The summed E-state index contributed by atoms with van der Waals surface area (Å²) < 4.78 is 29.0. The normalized spacial score (nSPS) is 12.2. The summed E-state index contributed by atoms with van der Waals surface area (Å²) in [4.78, 5) is 29.0. The molecule has 1 N–H and O–H groups in total. The van der Waals surface area contributed by atoms with Gasteiger partial charge in [0.1, 0.15) is 12.6 Å². The number of nitrogens with one attached hydrogen (secondary N) is 1. The summed E-state index contributed by atoms with van der Waals surface area (Å²) in [7, 11) is -4.14. The van der Waals surface area contributed by atoms with Crippen LogP contribution in [0.1, 0.15) is 43.9 Å². The molecule has 0 aliphatic carbocycles. The van der Waals surface area contributed by atoms with Gasteiger partial charge in [-0.3, -0.25) is 13.9 Å². The van der Waals surface area contributed by atoms with Crippen LogP contribution in [0.4, 0.5) is 5.69 Å². The standard InChI is InChI=1S/C31H37Cl2N3O4S/c1-6-29(31(38)34-18-21(2)3)35(19-24-12-13-25(32)17-28(24)33)30(37)20-36(26-15-22(4)14-23(5)16-26)41(39,40)27-10-8-7-9-11-27/h7-17,21,29H,6,18-20H2,1-5H3,(H,34,38). The highest BCUT2D eigenvalue weighted by atomic mass is 35.5. The SMILES string of the molecule is CCC(C(=O)NCC(C)C)N(Cc1ccc(Cl)cc1Cl)C(=O)CN(c1cc(C)cc(C)c1)S(=O)(=O)c1ccccc1. The number of halogens is 2. The van der Waals surface area contributed by atoms with Gasteiger partial charge >= 0.3 is 0 Å². The summed E-state index contributed by atoms with van der Waals surface area (Å²) in [5, 5.41) is 3.70. The molecule has 0 aromatic heterocycles. The zero-order valence-corrected chi connectivity index (χ0v) is 26.4. The average Bonchev–Trinajstić information content (AvgIpc) is 2.91.